The number of hydrogen-bond acceptors (Lipinski definition) is 7. The first-order chi connectivity index (χ1) is 18.5. The molecule has 0 aliphatic heterocycles. The van der Waals surface area contributed by atoms with Gasteiger partial charge in [-0.3, -0.25) is 9.36 Å². The Morgan fingerprint density at radius 1 is 1.08 bits per heavy atom. The third kappa shape index (κ3) is 6.02. The molecule has 2 atom stereocenters. The van der Waals surface area contributed by atoms with Gasteiger partial charge in [0.05, 0.1) is 33.6 Å². The molecule has 0 spiro atoms. The lowest BCUT2D eigenvalue weighted by molar-refractivity contribution is -0.137. The zero-order chi connectivity index (χ0) is 27.9. The fourth-order valence-electron chi connectivity index (χ4n) is 5.46. The quantitative estimate of drug-likeness (QED) is 0.286. The molecule has 1 amide bonds. The normalized spacial score (nSPS) is 24.1. The van der Waals surface area contributed by atoms with E-state index in [0.29, 0.717) is 49.2 Å². The van der Waals surface area contributed by atoms with E-state index < -0.39 is 11.7 Å². The summed E-state index contributed by atoms with van der Waals surface area (Å²) < 4.78 is 41.6. The maximum Gasteiger partial charge on any atom is 0.416 e. The molecule has 0 radical (unpaired) electrons. The Morgan fingerprint density at radius 3 is 2.38 bits per heavy atom. The van der Waals surface area contributed by atoms with Crippen molar-refractivity contribution in [2.75, 3.05) is 10.6 Å². The van der Waals surface area contributed by atoms with Crippen LogP contribution in [-0.2, 0) is 11.0 Å². The van der Waals surface area contributed by atoms with E-state index in [9.17, 15) is 23.1 Å². The van der Waals surface area contributed by atoms with Gasteiger partial charge in [0, 0.05) is 18.0 Å². The first-order valence-corrected chi connectivity index (χ1v) is 13.6. The number of fused-ring (bicyclic) bond motifs is 1. The highest BCUT2D eigenvalue weighted by Gasteiger charge is 2.33. The lowest BCUT2D eigenvalue weighted by Gasteiger charge is -2.29. The topological polar surface area (TPSA) is 131 Å². The number of nitrogens with zero attached hydrogens (tertiary/aromatic N) is 4. The van der Waals surface area contributed by atoms with E-state index in [1.54, 1.807) is 6.20 Å². The summed E-state index contributed by atoms with van der Waals surface area (Å²) in [7, 11) is 0. The van der Waals surface area contributed by atoms with E-state index in [0.717, 1.165) is 31.4 Å². The highest BCUT2D eigenvalue weighted by atomic mass is 35.5. The van der Waals surface area contributed by atoms with E-state index in [1.807, 2.05) is 4.57 Å². The number of primary amides is 1. The highest BCUT2D eigenvalue weighted by molar-refractivity contribution is 6.39. The Labute approximate surface area is 232 Å². The third-order valence-corrected chi connectivity index (χ3v) is 8.08. The van der Waals surface area contributed by atoms with Crippen LogP contribution in [0.1, 0.15) is 63.0 Å². The number of carbonyl (C=O) groups is 1. The fraction of sp³-hybridized carbons (Fsp3) is 0.520. The van der Waals surface area contributed by atoms with Crippen molar-refractivity contribution in [2.45, 2.75) is 75.7 Å². The molecular formula is C25H28Cl2F3N7O2. The van der Waals surface area contributed by atoms with Crippen molar-refractivity contribution in [2.24, 2.45) is 11.7 Å². The first kappa shape index (κ1) is 27.7. The molecule has 14 heteroatoms. The van der Waals surface area contributed by atoms with Crippen molar-refractivity contribution in [3.05, 3.63) is 33.9 Å². The molecule has 210 valence electrons. The van der Waals surface area contributed by atoms with Gasteiger partial charge in [-0.1, -0.05) is 23.2 Å². The summed E-state index contributed by atoms with van der Waals surface area (Å²) in [5.74, 6) is 0.103. The van der Waals surface area contributed by atoms with Gasteiger partial charge in [0.1, 0.15) is 5.52 Å². The molecule has 3 aromatic rings. The summed E-state index contributed by atoms with van der Waals surface area (Å²) in [6.07, 6.45) is 2.11. The van der Waals surface area contributed by atoms with Crippen molar-refractivity contribution in [3.8, 4) is 0 Å². The average molecular weight is 586 g/mol. The minimum Gasteiger partial charge on any atom is -0.393 e. The van der Waals surface area contributed by atoms with Crippen LogP contribution in [0.2, 0.25) is 10.0 Å². The minimum absolute atomic E-state index is 0.0240. The smallest absolute Gasteiger partial charge is 0.393 e. The number of halogens is 5. The SMILES string of the molecule is NC(=O)[C@H]1CC[C@@H](n2c(Nc3c(Cl)cc(C(F)(F)F)cc3Cl)nc3cnc(N[C@@H]4CCC[C@H](O)C4)nc32)CC1. The van der Waals surface area contributed by atoms with Crippen LogP contribution in [-0.4, -0.2) is 42.7 Å². The van der Waals surface area contributed by atoms with Crippen molar-refractivity contribution < 1.29 is 23.1 Å². The molecule has 2 aliphatic rings. The highest BCUT2D eigenvalue weighted by Crippen LogP contribution is 2.42. The molecule has 1 aromatic carbocycles. The van der Waals surface area contributed by atoms with E-state index >= 15 is 0 Å². The number of amides is 1. The summed E-state index contributed by atoms with van der Waals surface area (Å²) in [6.45, 7) is 0. The molecule has 5 rings (SSSR count). The number of nitrogens with two attached hydrogens (primary N) is 1. The Balaban J connectivity index is 1.52. The van der Waals surface area contributed by atoms with E-state index in [4.69, 9.17) is 33.9 Å². The summed E-state index contributed by atoms with van der Waals surface area (Å²) >= 11 is 12.5. The molecule has 39 heavy (non-hydrogen) atoms. The largest absolute Gasteiger partial charge is 0.416 e. The number of nitrogens with one attached hydrogen (secondary N) is 2. The van der Waals surface area contributed by atoms with Crippen molar-refractivity contribution >= 4 is 57.9 Å². The van der Waals surface area contributed by atoms with Crippen LogP contribution in [0, 0.1) is 5.92 Å². The number of imidazole rings is 1. The van der Waals surface area contributed by atoms with Gasteiger partial charge in [-0.2, -0.15) is 18.2 Å². The molecule has 2 saturated carbocycles. The average Bonchev–Trinajstić information content (AvgIpc) is 3.23. The lowest BCUT2D eigenvalue weighted by atomic mass is 9.85. The predicted octanol–water partition coefficient (Wildman–Crippen LogP) is 5.83. The number of anilines is 3. The molecule has 9 nitrogen and oxygen atoms in total. The summed E-state index contributed by atoms with van der Waals surface area (Å²) in [5, 5.41) is 15.9. The van der Waals surface area contributed by atoms with Gasteiger partial charge in [-0.25, -0.2) is 9.97 Å². The van der Waals surface area contributed by atoms with Gasteiger partial charge in [-0.05, 0) is 63.5 Å². The number of aliphatic hydroxyl groups is 1. The molecule has 0 unspecified atom stereocenters. The summed E-state index contributed by atoms with van der Waals surface area (Å²) in [6, 6.07) is 1.51. The van der Waals surface area contributed by atoms with E-state index in [-0.39, 0.29) is 51.7 Å². The standard InChI is InChI=1S/C25H28Cl2F3N7O2/c26-17-8-13(25(28,29)30)9-18(27)20(17)35-24-34-19-11-32-23(33-14-2-1-3-16(38)10-14)36-22(19)37(24)15-6-4-12(5-7-15)21(31)39/h8-9,11-12,14-16,38H,1-7,10H2,(H2,31,39)(H,34,35)(H,32,33,36)/t12-,14-,15+,16+/m1/s1. The maximum absolute atomic E-state index is 13.2. The van der Waals surface area contributed by atoms with Crippen molar-refractivity contribution in [3.63, 3.8) is 0 Å². The van der Waals surface area contributed by atoms with Crippen LogP contribution in [0.5, 0.6) is 0 Å². The van der Waals surface area contributed by atoms with Crippen molar-refractivity contribution in [1.29, 1.82) is 0 Å². The van der Waals surface area contributed by atoms with Crippen LogP contribution < -0.4 is 16.4 Å². The Bertz CT molecular complexity index is 1350. The Kier molecular flexibility index (Phi) is 7.80. The number of hydrogen-bond donors (Lipinski definition) is 4. The molecule has 5 N–H and O–H groups in total. The number of alkyl halides is 3. The van der Waals surface area contributed by atoms with Gasteiger partial charge >= 0.3 is 6.18 Å². The Hall–Kier alpha value is -2.83. The van der Waals surface area contributed by atoms with Gasteiger partial charge in [-0.15, -0.1) is 0 Å². The van der Waals surface area contributed by atoms with Gasteiger partial charge < -0.3 is 21.5 Å². The van der Waals surface area contributed by atoms with Crippen LogP contribution in [0.25, 0.3) is 11.2 Å². The van der Waals surface area contributed by atoms with E-state index in [1.165, 1.54) is 0 Å². The number of benzene rings is 1. The van der Waals surface area contributed by atoms with Crippen molar-refractivity contribution in [1.82, 2.24) is 19.5 Å². The molecule has 2 aromatic heterocycles. The van der Waals surface area contributed by atoms with Gasteiger partial charge in [0.2, 0.25) is 17.8 Å². The van der Waals surface area contributed by atoms with Crippen LogP contribution in [0.15, 0.2) is 18.3 Å². The molecular weight excluding hydrogens is 558 g/mol. The predicted molar refractivity (Wildman–Crippen MR) is 142 cm³/mol. The first-order valence-electron chi connectivity index (χ1n) is 12.8. The van der Waals surface area contributed by atoms with Crippen LogP contribution >= 0.6 is 23.2 Å². The second-order valence-electron chi connectivity index (χ2n) is 10.2. The molecule has 0 saturated heterocycles. The lowest BCUT2D eigenvalue weighted by Crippen LogP contribution is -2.30. The zero-order valence-corrected chi connectivity index (χ0v) is 22.3. The minimum atomic E-state index is -4.61. The number of carbonyl (C=O) groups excluding carboxylic acids is 1. The Morgan fingerprint density at radius 2 is 1.77 bits per heavy atom. The molecule has 0 bridgehead atoms. The maximum atomic E-state index is 13.2. The third-order valence-electron chi connectivity index (χ3n) is 7.48. The molecule has 2 heterocycles. The fourth-order valence-corrected chi connectivity index (χ4v) is 6.04. The monoisotopic (exact) mass is 585 g/mol. The number of rotatable bonds is 6. The summed E-state index contributed by atoms with van der Waals surface area (Å²) in [4.78, 5) is 25.5. The van der Waals surface area contributed by atoms with Gasteiger partial charge in [0.25, 0.3) is 0 Å². The second kappa shape index (κ2) is 11.0. The zero-order valence-electron chi connectivity index (χ0n) is 20.8. The number of aromatic nitrogens is 4. The second-order valence-corrected chi connectivity index (χ2v) is 11.0. The molecule has 2 fully saturated rings. The van der Waals surface area contributed by atoms with E-state index in [2.05, 4.69) is 20.6 Å². The number of aliphatic hydroxyl groups excluding tert-OH is 1. The van der Waals surface area contributed by atoms with Crippen LogP contribution in [0.3, 0.4) is 0 Å². The van der Waals surface area contributed by atoms with Gasteiger partial charge in [0.15, 0.2) is 5.65 Å². The molecule has 2 aliphatic carbocycles. The van der Waals surface area contributed by atoms with Crippen LogP contribution in [0.4, 0.5) is 30.8 Å². The summed E-state index contributed by atoms with van der Waals surface area (Å²) in [5.41, 5.74) is 5.61.